The molecule has 9 heteroatoms. The molecule has 2 amide bonds. The third-order valence-electron chi connectivity index (χ3n) is 7.06. The number of carbonyl (C=O) groups excluding carboxylic acids is 2. The van der Waals surface area contributed by atoms with Crippen molar-refractivity contribution < 1.29 is 18.7 Å². The Morgan fingerprint density at radius 2 is 1.94 bits per heavy atom. The third-order valence-corrected chi connectivity index (χ3v) is 7.06. The number of carbonyl (C=O) groups is 2. The second kappa shape index (κ2) is 10.6. The summed E-state index contributed by atoms with van der Waals surface area (Å²) < 4.78 is 11.3. The van der Waals surface area contributed by atoms with Gasteiger partial charge in [-0.25, -0.2) is 4.98 Å². The van der Waals surface area contributed by atoms with Crippen molar-refractivity contribution in [3.63, 3.8) is 0 Å². The number of aromatic nitrogens is 2. The van der Waals surface area contributed by atoms with E-state index in [-0.39, 0.29) is 23.5 Å². The number of imidazole rings is 1. The van der Waals surface area contributed by atoms with Crippen LogP contribution in [-0.4, -0.2) is 66.1 Å². The number of hydrogen-bond acceptors (Lipinski definition) is 6. The lowest BCUT2D eigenvalue weighted by Gasteiger charge is -2.29. The molecule has 5 rings (SSSR count). The normalized spacial score (nSPS) is 18.4. The van der Waals surface area contributed by atoms with E-state index in [2.05, 4.69) is 20.5 Å². The van der Waals surface area contributed by atoms with Crippen LogP contribution in [0.2, 0.25) is 0 Å². The maximum absolute atomic E-state index is 13.0. The molecule has 1 saturated heterocycles. The molecule has 0 bridgehead atoms. The fourth-order valence-electron chi connectivity index (χ4n) is 5.11. The second-order valence-electron chi connectivity index (χ2n) is 9.43. The van der Waals surface area contributed by atoms with Crippen LogP contribution in [0.25, 0.3) is 22.4 Å². The number of nitrogens with one attached hydrogen (secondary N) is 3. The summed E-state index contributed by atoms with van der Waals surface area (Å²) in [5.74, 6) is 1.33. The molecule has 2 aliphatic rings. The Kier molecular flexibility index (Phi) is 7.15. The standard InChI is InChI=1S/C26H33N5O4/c1-27-26(33)24(17-5-3-2-4-6-17)30-25(32)22-10-9-21(35-22)18-7-8-19-20(15-18)29-23(28-19)16-31-11-13-34-14-12-31/h7-10,15,17,24H,2-6,11-14,16H2,1H3,(H,27,33)(H,28,29)(H,30,32). The Labute approximate surface area is 204 Å². The Balaban J connectivity index is 1.29. The molecule has 1 atom stereocenters. The van der Waals surface area contributed by atoms with Gasteiger partial charge in [-0.2, -0.15) is 0 Å². The first-order valence-corrected chi connectivity index (χ1v) is 12.5. The highest BCUT2D eigenvalue weighted by atomic mass is 16.5. The van der Waals surface area contributed by atoms with Crippen LogP contribution in [0.3, 0.4) is 0 Å². The number of H-pyrrole nitrogens is 1. The first-order chi connectivity index (χ1) is 17.1. The molecule has 3 aromatic rings. The quantitative estimate of drug-likeness (QED) is 0.480. The fraction of sp³-hybridized carbons (Fsp3) is 0.500. The number of furan rings is 1. The first-order valence-electron chi connectivity index (χ1n) is 12.5. The summed E-state index contributed by atoms with van der Waals surface area (Å²) in [4.78, 5) is 35.9. The Hall–Kier alpha value is -3.17. The van der Waals surface area contributed by atoms with E-state index < -0.39 is 6.04 Å². The zero-order valence-electron chi connectivity index (χ0n) is 20.1. The van der Waals surface area contributed by atoms with Gasteiger partial charge in [0.15, 0.2) is 5.76 Å². The van der Waals surface area contributed by atoms with Crippen molar-refractivity contribution in [2.45, 2.75) is 44.7 Å². The largest absolute Gasteiger partial charge is 0.451 e. The van der Waals surface area contributed by atoms with Crippen molar-refractivity contribution in [3.8, 4) is 11.3 Å². The molecular formula is C26H33N5O4. The van der Waals surface area contributed by atoms with Gasteiger partial charge in [0, 0.05) is 25.7 Å². The van der Waals surface area contributed by atoms with E-state index in [9.17, 15) is 9.59 Å². The summed E-state index contributed by atoms with van der Waals surface area (Å²) in [5.41, 5.74) is 2.67. The minimum atomic E-state index is -0.549. The lowest BCUT2D eigenvalue weighted by molar-refractivity contribution is -0.124. The number of hydrogen-bond donors (Lipinski definition) is 3. The average Bonchev–Trinajstić information content (AvgIpc) is 3.54. The van der Waals surface area contributed by atoms with Crippen LogP contribution in [0.15, 0.2) is 34.7 Å². The molecule has 0 radical (unpaired) electrons. The van der Waals surface area contributed by atoms with Crippen molar-refractivity contribution >= 4 is 22.8 Å². The number of rotatable bonds is 7. The van der Waals surface area contributed by atoms with E-state index in [4.69, 9.17) is 14.1 Å². The van der Waals surface area contributed by atoms with Gasteiger partial charge in [-0.05, 0) is 49.1 Å². The average molecular weight is 480 g/mol. The minimum Gasteiger partial charge on any atom is -0.451 e. The van der Waals surface area contributed by atoms with Crippen LogP contribution < -0.4 is 10.6 Å². The second-order valence-corrected chi connectivity index (χ2v) is 9.43. The lowest BCUT2D eigenvalue weighted by atomic mass is 9.83. The highest BCUT2D eigenvalue weighted by Crippen LogP contribution is 2.28. The number of nitrogens with zero attached hydrogens (tertiary/aromatic N) is 2. The monoisotopic (exact) mass is 479 g/mol. The predicted octanol–water partition coefficient (Wildman–Crippen LogP) is 3.08. The van der Waals surface area contributed by atoms with Gasteiger partial charge in [0.2, 0.25) is 5.91 Å². The third kappa shape index (κ3) is 5.41. The predicted molar refractivity (Wildman–Crippen MR) is 132 cm³/mol. The molecule has 1 aliphatic heterocycles. The molecular weight excluding hydrogens is 446 g/mol. The maximum Gasteiger partial charge on any atom is 0.287 e. The molecule has 1 aromatic carbocycles. The summed E-state index contributed by atoms with van der Waals surface area (Å²) in [7, 11) is 1.60. The molecule has 35 heavy (non-hydrogen) atoms. The summed E-state index contributed by atoms with van der Waals surface area (Å²) in [5, 5.41) is 5.61. The highest BCUT2D eigenvalue weighted by Gasteiger charge is 2.31. The van der Waals surface area contributed by atoms with E-state index in [1.54, 1.807) is 19.2 Å². The van der Waals surface area contributed by atoms with Crippen LogP contribution in [0.1, 0.15) is 48.5 Å². The number of likely N-dealkylation sites (N-methyl/N-ethyl adjacent to an activating group) is 1. The Morgan fingerprint density at radius 3 is 2.71 bits per heavy atom. The van der Waals surface area contributed by atoms with Gasteiger partial charge in [0.05, 0.1) is 30.8 Å². The summed E-state index contributed by atoms with van der Waals surface area (Å²) >= 11 is 0. The zero-order valence-corrected chi connectivity index (χ0v) is 20.1. The Bertz CT molecular complexity index is 1170. The van der Waals surface area contributed by atoms with E-state index in [0.29, 0.717) is 5.76 Å². The van der Waals surface area contributed by atoms with E-state index in [1.165, 1.54) is 6.42 Å². The number of fused-ring (bicyclic) bond motifs is 1. The Morgan fingerprint density at radius 1 is 1.14 bits per heavy atom. The van der Waals surface area contributed by atoms with Crippen LogP contribution in [0.4, 0.5) is 0 Å². The summed E-state index contributed by atoms with van der Waals surface area (Å²) in [6.45, 7) is 4.07. The van der Waals surface area contributed by atoms with Gasteiger partial charge >= 0.3 is 0 Å². The van der Waals surface area contributed by atoms with E-state index >= 15 is 0 Å². The summed E-state index contributed by atoms with van der Waals surface area (Å²) in [6.07, 6.45) is 5.24. The van der Waals surface area contributed by atoms with Gasteiger partial charge < -0.3 is 24.8 Å². The number of benzene rings is 1. The number of morpholine rings is 1. The lowest BCUT2D eigenvalue weighted by Crippen LogP contribution is -2.50. The van der Waals surface area contributed by atoms with Gasteiger partial charge in [-0.3, -0.25) is 14.5 Å². The molecule has 3 N–H and O–H groups in total. The van der Waals surface area contributed by atoms with Crippen LogP contribution in [-0.2, 0) is 16.1 Å². The van der Waals surface area contributed by atoms with E-state index in [0.717, 1.165) is 81.0 Å². The van der Waals surface area contributed by atoms with Gasteiger partial charge in [0.25, 0.3) is 5.91 Å². The smallest absolute Gasteiger partial charge is 0.287 e. The van der Waals surface area contributed by atoms with Crippen molar-refractivity contribution in [3.05, 3.63) is 41.9 Å². The molecule has 0 spiro atoms. The number of aromatic amines is 1. The van der Waals surface area contributed by atoms with E-state index in [1.807, 2.05) is 18.2 Å². The molecule has 186 valence electrons. The molecule has 1 unspecified atom stereocenters. The molecule has 9 nitrogen and oxygen atoms in total. The van der Waals surface area contributed by atoms with Crippen molar-refractivity contribution in [1.82, 2.24) is 25.5 Å². The molecule has 2 fully saturated rings. The van der Waals surface area contributed by atoms with Crippen molar-refractivity contribution in [2.75, 3.05) is 33.4 Å². The van der Waals surface area contributed by atoms with Crippen LogP contribution in [0, 0.1) is 5.92 Å². The fourth-order valence-corrected chi connectivity index (χ4v) is 5.11. The van der Waals surface area contributed by atoms with Gasteiger partial charge in [0.1, 0.15) is 17.6 Å². The highest BCUT2D eigenvalue weighted by molar-refractivity contribution is 5.96. The first kappa shape index (κ1) is 23.6. The number of ether oxygens (including phenoxy) is 1. The van der Waals surface area contributed by atoms with Crippen molar-refractivity contribution in [2.24, 2.45) is 5.92 Å². The number of amides is 2. The molecule has 3 heterocycles. The minimum absolute atomic E-state index is 0.150. The maximum atomic E-state index is 13.0. The van der Waals surface area contributed by atoms with Crippen molar-refractivity contribution in [1.29, 1.82) is 0 Å². The van der Waals surface area contributed by atoms with Gasteiger partial charge in [-0.15, -0.1) is 0 Å². The SMILES string of the molecule is CNC(=O)C(NC(=O)c1ccc(-c2ccc3nc(CN4CCOCC4)[nH]c3c2)o1)C1CCCCC1. The molecule has 1 aliphatic carbocycles. The van der Waals surface area contributed by atoms with Gasteiger partial charge in [-0.1, -0.05) is 19.3 Å². The van der Waals surface area contributed by atoms with Crippen LogP contribution >= 0.6 is 0 Å². The zero-order chi connectivity index (χ0) is 24.2. The molecule has 1 saturated carbocycles. The van der Waals surface area contributed by atoms with Crippen LogP contribution in [0.5, 0.6) is 0 Å². The summed E-state index contributed by atoms with van der Waals surface area (Å²) in [6, 6.07) is 8.78. The molecule has 2 aromatic heterocycles. The topological polar surface area (TPSA) is 112 Å².